The third kappa shape index (κ3) is 5.50. The molecule has 0 saturated heterocycles. The number of carbonyl (C=O) groups is 1. The minimum Gasteiger partial charge on any atom is -0.380 e. The Hall–Kier alpha value is -2.09. The van der Waals surface area contributed by atoms with E-state index in [-0.39, 0.29) is 11.7 Å². The molecule has 0 fully saturated rings. The summed E-state index contributed by atoms with van der Waals surface area (Å²) in [6.45, 7) is 3.24. The summed E-state index contributed by atoms with van der Waals surface area (Å²) in [4.78, 5) is 14.1. The van der Waals surface area contributed by atoms with Crippen LogP contribution in [-0.4, -0.2) is 34.1 Å². The topological polar surface area (TPSA) is 75.7 Å². The van der Waals surface area contributed by atoms with Crippen LogP contribution in [0.15, 0.2) is 42.5 Å². The molecule has 0 radical (unpaired) electrons. The zero-order valence-electron chi connectivity index (χ0n) is 16.4. The Balaban J connectivity index is 1.84. The number of rotatable bonds is 9. The van der Waals surface area contributed by atoms with Gasteiger partial charge in [0.05, 0.1) is 23.7 Å². The van der Waals surface area contributed by atoms with Crippen molar-refractivity contribution in [2.24, 2.45) is 0 Å². The van der Waals surface area contributed by atoms with Crippen LogP contribution in [0.2, 0.25) is 0 Å². The average Bonchev–Trinajstić information content (AvgIpc) is 2.70. The SMILES string of the molecule is CCOCCN1C(=O)CCc2cccc(NS(=O)(=O)Cc3ccc(CCl)cc3)c21. The minimum atomic E-state index is -3.66. The normalized spacial score (nSPS) is 14.0. The number of ether oxygens (including phenoxy) is 1. The Morgan fingerprint density at radius 1 is 1.10 bits per heavy atom. The monoisotopic (exact) mass is 436 g/mol. The van der Waals surface area contributed by atoms with Crippen LogP contribution in [0.3, 0.4) is 0 Å². The number of amides is 1. The van der Waals surface area contributed by atoms with E-state index >= 15 is 0 Å². The number of nitrogens with zero attached hydrogens (tertiary/aromatic N) is 1. The maximum Gasteiger partial charge on any atom is 0.236 e. The molecule has 1 amide bonds. The van der Waals surface area contributed by atoms with E-state index in [4.69, 9.17) is 16.3 Å². The third-order valence-electron chi connectivity index (χ3n) is 4.76. The van der Waals surface area contributed by atoms with Crippen LogP contribution < -0.4 is 9.62 Å². The van der Waals surface area contributed by atoms with E-state index in [1.165, 1.54) is 0 Å². The molecule has 0 atom stereocenters. The zero-order chi connectivity index (χ0) is 20.9. The lowest BCUT2D eigenvalue weighted by Gasteiger charge is -2.31. The number of sulfonamides is 1. The van der Waals surface area contributed by atoms with Crippen molar-refractivity contribution in [2.75, 3.05) is 29.4 Å². The molecule has 2 aromatic carbocycles. The smallest absolute Gasteiger partial charge is 0.236 e. The lowest BCUT2D eigenvalue weighted by Crippen LogP contribution is -2.38. The predicted molar refractivity (Wildman–Crippen MR) is 116 cm³/mol. The highest BCUT2D eigenvalue weighted by Gasteiger charge is 2.27. The summed E-state index contributed by atoms with van der Waals surface area (Å²) in [6, 6.07) is 12.6. The number of para-hydroxylation sites is 1. The van der Waals surface area contributed by atoms with E-state index in [0.717, 1.165) is 11.1 Å². The number of hydrogen-bond donors (Lipinski definition) is 1. The van der Waals surface area contributed by atoms with E-state index in [1.807, 2.05) is 31.2 Å². The maximum absolute atomic E-state index is 12.8. The number of fused-ring (bicyclic) bond motifs is 1. The molecule has 0 saturated carbocycles. The number of aryl methyl sites for hydroxylation is 1. The van der Waals surface area contributed by atoms with Crippen LogP contribution in [0, 0.1) is 0 Å². The summed E-state index contributed by atoms with van der Waals surface area (Å²) >= 11 is 5.79. The first-order valence-corrected chi connectivity index (χ1v) is 11.8. The van der Waals surface area contributed by atoms with Gasteiger partial charge in [-0.15, -0.1) is 11.6 Å². The van der Waals surface area contributed by atoms with E-state index in [9.17, 15) is 13.2 Å². The third-order valence-corrected chi connectivity index (χ3v) is 6.31. The van der Waals surface area contributed by atoms with Crippen LogP contribution in [0.5, 0.6) is 0 Å². The van der Waals surface area contributed by atoms with Gasteiger partial charge in [-0.25, -0.2) is 8.42 Å². The van der Waals surface area contributed by atoms with Crippen molar-refractivity contribution >= 4 is 38.9 Å². The fraction of sp³-hybridized carbons (Fsp3) is 0.381. The fourth-order valence-corrected chi connectivity index (χ4v) is 4.76. The lowest BCUT2D eigenvalue weighted by molar-refractivity contribution is -0.119. The van der Waals surface area contributed by atoms with Crippen molar-refractivity contribution in [2.45, 2.75) is 31.4 Å². The molecule has 2 aromatic rings. The summed E-state index contributed by atoms with van der Waals surface area (Å²) < 4.78 is 33.7. The molecular formula is C21H25ClN2O4S. The fourth-order valence-electron chi connectivity index (χ4n) is 3.38. The molecule has 0 aliphatic carbocycles. The van der Waals surface area contributed by atoms with Gasteiger partial charge in [0.1, 0.15) is 0 Å². The predicted octanol–water partition coefficient (Wildman–Crippen LogP) is 3.68. The number of hydrogen-bond acceptors (Lipinski definition) is 4. The van der Waals surface area contributed by atoms with Crippen LogP contribution in [-0.2, 0) is 37.6 Å². The second-order valence-electron chi connectivity index (χ2n) is 6.87. The van der Waals surface area contributed by atoms with Gasteiger partial charge in [-0.2, -0.15) is 0 Å². The molecule has 1 aliphatic heterocycles. The standard InChI is InChI=1S/C21H25ClN2O4S/c1-2-28-13-12-24-20(25)11-10-18-4-3-5-19(21(18)24)23-29(26,27)15-17-8-6-16(14-22)7-9-17/h3-9,23H,2,10-15H2,1H3. The van der Waals surface area contributed by atoms with E-state index in [1.54, 1.807) is 23.1 Å². The first kappa shape index (κ1) is 21.6. The van der Waals surface area contributed by atoms with Crippen LogP contribution in [0.25, 0.3) is 0 Å². The van der Waals surface area contributed by atoms with Crippen molar-refractivity contribution in [3.05, 3.63) is 59.2 Å². The zero-order valence-corrected chi connectivity index (χ0v) is 17.9. The summed E-state index contributed by atoms with van der Waals surface area (Å²) in [7, 11) is -3.66. The Kier molecular flexibility index (Phi) is 7.16. The molecular weight excluding hydrogens is 412 g/mol. The first-order valence-electron chi connectivity index (χ1n) is 9.58. The van der Waals surface area contributed by atoms with Gasteiger partial charge < -0.3 is 9.64 Å². The molecule has 29 heavy (non-hydrogen) atoms. The van der Waals surface area contributed by atoms with Gasteiger partial charge in [-0.05, 0) is 36.1 Å². The van der Waals surface area contributed by atoms with Crippen LogP contribution in [0.1, 0.15) is 30.0 Å². The van der Waals surface area contributed by atoms with Gasteiger partial charge in [0.15, 0.2) is 0 Å². The number of anilines is 2. The summed E-state index contributed by atoms with van der Waals surface area (Å²) in [6.07, 6.45) is 0.997. The Labute approximate surface area is 176 Å². The van der Waals surface area contributed by atoms with Gasteiger partial charge in [-0.1, -0.05) is 36.4 Å². The molecule has 3 rings (SSSR count). The summed E-state index contributed by atoms with van der Waals surface area (Å²) in [5, 5.41) is 0. The quantitative estimate of drug-likeness (QED) is 0.480. The highest BCUT2D eigenvalue weighted by atomic mass is 35.5. The van der Waals surface area contributed by atoms with Crippen LogP contribution in [0.4, 0.5) is 11.4 Å². The number of nitrogens with one attached hydrogen (secondary N) is 1. The van der Waals surface area contributed by atoms with Gasteiger partial charge in [0, 0.05) is 25.5 Å². The number of carbonyl (C=O) groups excluding carboxylic acids is 1. The van der Waals surface area contributed by atoms with Crippen molar-refractivity contribution in [3.8, 4) is 0 Å². The Morgan fingerprint density at radius 3 is 2.52 bits per heavy atom. The van der Waals surface area contributed by atoms with E-state index in [0.29, 0.717) is 55.4 Å². The second kappa shape index (κ2) is 9.61. The molecule has 156 valence electrons. The molecule has 1 N–H and O–H groups in total. The van der Waals surface area contributed by atoms with Gasteiger partial charge in [0.25, 0.3) is 0 Å². The molecule has 8 heteroatoms. The van der Waals surface area contributed by atoms with Gasteiger partial charge >= 0.3 is 0 Å². The first-order chi connectivity index (χ1) is 13.9. The molecule has 0 unspecified atom stereocenters. The van der Waals surface area contributed by atoms with Gasteiger partial charge in [0.2, 0.25) is 15.9 Å². The maximum atomic E-state index is 12.8. The molecule has 0 aromatic heterocycles. The molecule has 1 heterocycles. The van der Waals surface area contributed by atoms with Crippen molar-refractivity contribution < 1.29 is 17.9 Å². The molecule has 0 bridgehead atoms. The van der Waals surface area contributed by atoms with Crippen molar-refractivity contribution in [1.82, 2.24) is 0 Å². The Bertz CT molecular complexity index is 961. The van der Waals surface area contributed by atoms with Crippen molar-refractivity contribution in [1.29, 1.82) is 0 Å². The Morgan fingerprint density at radius 2 is 1.83 bits per heavy atom. The number of benzene rings is 2. The largest absolute Gasteiger partial charge is 0.380 e. The minimum absolute atomic E-state index is 0.0273. The van der Waals surface area contributed by atoms with E-state index < -0.39 is 10.0 Å². The van der Waals surface area contributed by atoms with E-state index in [2.05, 4.69) is 4.72 Å². The second-order valence-corrected chi connectivity index (χ2v) is 8.86. The number of alkyl halides is 1. The summed E-state index contributed by atoms with van der Waals surface area (Å²) in [5.74, 6) is 0.194. The van der Waals surface area contributed by atoms with Crippen LogP contribution >= 0.6 is 11.6 Å². The summed E-state index contributed by atoms with van der Waals surface area (Å²) in [5.41, 5.74) is 3.60. The lowest BCUT2D eigenvalue weighted by atomic mass is 10.00. The molecule has 0 spiro atoms. The highest BCUT2D eigenvalue weighted by Crippen LogP contribution is 2.35. The number of halogens is 1. The highest BCUT2D eigenvalue weighted by molar-refractivity contribution is 7.91. The molecule has 6 nitrogen and oxygen atoms in total. The van der Waals surface area contributed by atoms with Gasteiger partial charge in [-0.3, -0.25) is 9.52 Å². The average molecular weight is 437 g/mol. The van der Waals surface area contributed by atoms with Crippen molar-refractivity contribution in [3.63, 3.8) is 0 Å². The molecule has 1 aliphatic rings.